The van der Waals surface area contributed by atoms with Gasteiger partial charge in [-0.2, -0.15) is 0 Å². The maximum absolute atomic E-state index is 13.9. The molecule has 1 atom stereocenters. The second-order valence-corrected chi connectivity index (χ2v) is 9.28. The van der Waals surface area contributed by atoms with E-state index >= 15 is 0 Å². The number of ether oxygens (including phenoxy) is 2. The predicted molar refractivity (Wildman–Crippen MR) is 137 cm³/mol. The summed E-state index contributed by atoms with van der Waals surface area (Å²) in [5.74, 6) is 1.30. The largest absolute Gasteiger partial charge is 0.454 e. The van der Waals surface area contributed by atoms with Gasteiger partial charge in [0.05, 0.1) is 5.70 Å². The molecule has 0 saturated carbocycles. The molecule has 0 spiro atoms. The summed E-state index contributed by atoms with van der Waals surface area (Å²) in [6.45, 7) is 0.217. The molecule has 35 heavy (non-hydrogen) atoms. The molecule has 5 aromatic carbocycles. The molecule has 2 heterocycles. The molecule has 4 heteroatoms. The van der Waals surface area contributed by atoms with E-state index in [4.69, 9.17) is 9.47 Å². The Balaban J connectivity index is 1.45. The van der Waals surface area contributed by atoms with Crippen molar-refractivity contribution in [3.05, 3.63) is 119 Å². The van der Waals surface area contributed by atoms with Crippen molar-refractivity contribution >= 4 is 38.7 Å². The first-order valence-corrected chi connectivity index (χ1v) is 11.8. The Kier molecular flexibility index (Phi) is 3.62. The maximum Gasteiger partial charge on any atom is 0.231 e. The van der Waals surface area contributed by atoms with Crippen molar-refractivity contribution in [3.63, 3.8) is 0 Å². The highest BCUT2D eigenvalue weighted by Gasteiger charge is 2.41. The number of carbonyl (C=O) groups is 1. The van der Waals surface area contributed by atoms with Crippen molar-refractivity contribution in [3.8, 4) is 11.5 Å². The molecule has 3 aliphatic rings. The Hall–Kier alpha value is -4.57. The second-order valence-electron chi connectivity index (χ2n) is 9.28. The van der Waals surface area contributed by atoms with Crippen molar-refractivity contribution in [1.29, 1.82) is 0 Å². The number of rotatable bonds is 1. The lowest BCUT2D eigenvalue weighted by atomic mass is 9.78. The highest BCUT2D eigenvalue weighted by molar-refractivity contribution is 6.24. The molecule has 1 aliphatic carbocycles. The van der Waals surface area contributed by atoms with Crippen molar-refractivity contribution in [2.45, 2.75) is 5.92 Å². The molecule has 0 aromatic heterocycles. The van der Waals surface area contributed by atoms with Crippen molar-refractivity contribution in [2.75, 3.05) is 12.1 Å². The van der Waals surface area contributed by atoms with Gasteiger partial charge >= 0.3 is 0 Å². The van der Waals surface area contributed by atoms with Crippen LogP contribution in [0.15, 0.2) is 96.6 Å². The summed E-state index contributed by atoms with van der Waals surface area (Å²) in [4.78, 5) is 13.9. The Morgan fingerprint density at radius 2 is 1.49 bits per heavy atom. The molecule has 2 aliphatic heterocycles. The van der Waals surface area contributed by atoms with Crippen LogP contribution in [0.4, 0.5) is 5.69 Å². The molecule has 0 saturated heterocycles. The van der Waals surface area contributed by atoms with Crippen LogP contribution in [0.2, 0.25) is 0 Å². The van der Waals surface area contributed by atoms with Crippen LogP contribution in [0, 0.1) is 0 Å². The highest BCUT2D eigenvalue weighted by Crippen LogP contribution is 2.52. The molecule has 0 fully saturated rings. The van der Waals surface area contributed by atoms with E-state index in [1.54, 1.807) is 0 Å². The maximum atomic E-state index is 13.9. The van der Waals surface area contributed by atoms with E-state index in [0.717, 1.165) is 61.5 Å². The minimum Gasteiger partial charge on any atom is -0.454 e. The van der Waals surface area contributed by atoms with Gasteiger partial charge in [-0.05, 0) is 63.0 Å². The summed E-state index contributed by atoms with van der Waals surface area (Å²) in [7, 11) is 0. The fourth-order valence-corrected chi connectivity index (χ4v) is 5.87. The smallest absolute Gasteiger partial charge is 0.231 e. The Morgan fingerprint density at radius 1 is 0.714 bits per heavy atom. The first kappa shape index (κ1) is 18.8. The van der Waals surface area contributed by atoms with Crippen molar-refractivity contribution in [2.24, 2.45) is 0 Å². The van der Waals surface area contributed by atoms with E-state index in [9.17, 15) is 4.79 Å². The molecule has 8 rings (SSSR count). The van der Waals surface area contributed by atoms with Gasteiger partial charge in [0, 0.05) is 28.3 Å². The minimum atomic E-state index is -0.236. The molecule has 0 amide bonds. The predicted octanol–water partition coefficient (Wildman–Crippen LogP) is 6.89. The number of hydrogen-bond acceptors (Lipinski definition) is 4. The summed E-state index contributed by atoms with van der Waals surface area (Å²) in [5.41, 5.74) is 6.57. The van der Waals surface area contributed by atoms with Crippen LogP contribution in [-0.2, 0) is 0 Å². The third kappa shape index (κ3) is 2.54. The van der Waals surface area contributed by atoms with Gasteiger partial charge in [0.25, 0.3) is 0 Å². The van der Waals surface area contributed by atoms with E-state index < -0.39 is 0 Å². The van der Waals surface area contributed by atoms with Gasteiger partial charge in [-0.1, -0.05) is 60.7 Å². The number of fused-ring (bicyclic) bond motifs is 7. The van der Waals surface area contributed by atoms with Gasteiger partial charge in [0.1, 0.15) is 0 Å². The molecule has 1 unspecified atom stereocenters. The van der Waals surface area contributed by atoms with Gasteiger partial charge in [0.15, 0.2) is 17.3 Å². The third-order valence-corrected chi connectivity index (χ3v) is 7.45. The minimum absolute atomic E-state index is 0.0780. The summed E-state index contributed by atoms with van der Waals surface area (Å²) in [5, 5.41) is 8.32. The van der Waals surface area contributed by atoms with Crippen LogP contribution in [0.5, 0.6) is 11.5 Å². The van der Waals surface area contributed by atoms with E-state index in [2.05, 4.69) is 59.9 Å². The Labute approximate surface area is 201 Å². The molecular formula is C31H19NO3. The number of hydrogen-bond donors (Lipinski definition) is 1. The van der Waals surface area contributed by atoms with Gasteiger partial charge < -0.3 is 14.8 Å². The quantitative estimate of drug-likeness (QED) is 0.281. The highest BCUT2D eigenvalue weighted by atomic mass is 16.7. The number of ketones is 1. The lowest BCUT2D eigenvalue weighted by molar-refractivity contribution is 0.103. The molecule has 5 aromatic rings. The van der Waals surface area contributed by atoms with Crippen LogP contribution in [-0.4, -0.2) is 12.6 Å². The summed E-state index contributed by atoms with van der Waals surface area (Å²) in [6.07, 6.45) is 0. The fourth-order valence-electron chi connectivity index (χ4n) is 5.87. The van der Waals surface area contributed by atoms with Gasteiger partial charge in [0.2, 0.25) is 6.79 Å². The molecular weight excluding hydrogens is 434 g/mol. The first-order valence-electron chi connectivity index (χ1n) is 11.8. The molecule has 1 N–H and O–H groups in total. The van der Waals surface area contributed by atoms with E-state index in [-0.39, 0.29) is 18.5 Å². The third-order valence-electron chi connectivity index (χ3n) is 7.45. The topological polar surface area (TPSA) is 47.6 Å². The number of benzene rings is 5. The van der Waals surface area contributed by atoms with Crippen LogP contribution in [0.1, 0.15) is 33.0 Å². The first-order chi connectivity index (χ1) is 17.3. The molecule has 0 radical (unpaired) electrons. The molecule has 0 bridgehead atoms. The zero-order valence-electron chi connectivity index (χ0n) is 18.7. The lowest BCUT2D eigenvalue weighted by Gasteiger charge is -2.30. The van der Waals surface area contributed by atoms with Crippen LogP contribution in [0.3, 0.4) is 0 Å². The van der Waals surface area contributed by atoms with E-state index in [0.29, 0.717) is 0 Å². The van der Waals surface area contributed by atoms with E-state index in [1.807, 2.05) is 36.4 Å². The van der Waals surface area contributed by atoms with Gasteiger partial charge in [-0.25, -0.2) is 0 Å². The molecule has 166 valence electrons. The lowest BCUT2D eigenvalue weighted by Crippen LogP contribution is -2.19. The van der Waals surface area contributed by atoms with Crippen LogP contribution in [0.25, 0.3) is 27.2 Å². The van der Waals surface area contributed by atoms with E-state index in [1.165, 1.54) is 10.8 Å². The zero-order valence-corrected chi connectivity index (χ0v) is 18.7. The standard InChI is InChI=1S/C31H19NO3/c33-31-22-8-4-3-7-21(22)30-29(31)27(20-10-12-25-26(15-20)35-16-34-25)28-23-14-18-6-2-1-5-17(18)13-19(23)9-11-24(28)32-30/h1-15,27,32H,16H2. The Morgan fingerprint density at radius 3 is 2.37 bits per heavy atom. The second kappa shape index (κ2) is 6.73. The van der Waals surface area contributed by atoms with Crippen LogP contribution >= 0.6 is 0 Å². The monoisotopic (exact) mass is 453 g/mol. The summed E-state index contributed by atoms with van der Waals surface area (Å²) < 4.78 is 11.3. The number of carbonyl (C=O) groups excluding carboxylic acids is 1. The normalized spacial score (nSPS) is 17.4. The zero-order chi connectivity index (χ0) is 23.1. The molecule has 4 nitrogen and oxygen atoms in total. The SMILES string of the molecule is O=C1C2=C(Nc3ccc4cc5ccccc5cc4c3C2c2ccc3c(c2)OCO3)c2ccccc21. The average Bonchev–Trinajstić information content (AvgIpc) is 3.48. The number of Topliss-reactive ketones (excluding diaryl/α,β-unsaturated/α-hetero) is 1. The van der Waals surface area contributed by atoms with Crippen LogP contribution < -0.4 is 14.8 Å². The van der Waals surface area contributed by atoms with Gasteiger partial charge in [-0.3, -0.25) is 4.79 Å². The number of nitrogens with one attached hydrogen (secondary N) is 1. The number of allylic oxidation sites excluding steroid dienone is 1. The fraction of sp³-hybridized carbons (Fsp3) is 0.0645. The number of anilines is 1. The Bertz CT molecular complexity index is 1780. The van der Waals surface area contributed by atoms with Gasteiger partial charge in [-0.15, -0.1) is 0 Å². The summed E-state index contributed by atoms with van der Waals surface area (Å²) >= 11 is 0. The summed E-state index contributed by atoms with van der Waals surface area (Å²) in [6, 6.07) is 31.1. The average molecular weight is 453 g/mol. The van der Waals surface area contributed by atoms with Crippen molar-refractivity contribution in [1.82, 2.24) is 0 Å². The van der Waals surface area contributed by atoms with Crippen molar-refractivity contribution < 1.29 is 14.3 Å².